The molecule has 158 valence electrons. The van der Waals surface area contributed by atoms with Crippen LogP contribution >= 0.6 is 11.8 Å². The van der Waals surface area contributed by atoms with Crippen LogP contribution in [0.3, 0.4) is 0 Å². The highest BCUT2D eigenvalue weighted by atomic mass is 32.2. The number of carbonyl (C=O) groups excluding carboxylic acids is 1. The lowest BCUT2D eigenvalue weighted by atomic mass is 10.2. The lowest BCUT2D eigenvalue weighted by Crippen LogP contribution is -2.12. The van der Waals surface area contributed by atoms with Gasteiger partial charge in [0.05, 0.1) is 10.6 Å². The van der Waals surface area contributed by atoms with Gasteiger partial charge in [-0.05, 0) is 57.0 Å². The molecule has 0 saturated heterocycles. The summed E-state index contributed by atoms with van der Waals surface area (Å²) in [4.78, 5) is 12.9. The van der Waals surface area contributed by atoms with Crippen molar-refractivity contribution in [2.45, 2.75) is 42.7 Å². The Morgan fingerprint density at radius 3 is 2.47 bits per heavy atom. The Kier molecular flexibility index (Phi) is 5.33. The Labute approximate surface area is 179 Å². The van der Waals surface area contributed by atoms with Gasteiger partial charge in [-0.2, -0.15) is 0 Å². The minimum absolute atomic E-state index is 0.0106. The van der Waals surface area contributed by atoms with E-state index in [-0.39, 0.29) is 16.4 Å². The van der Waals surface area contributed by atoms with Crippen molar-refractivity contribution in [1.82, 2.24) is 19.3 Å². The van der Waals surface area contributed by atoms with Crippen LogP contribution in [-0.2, 0) is 17.1 Å². The maximum atomic E-state index is 12.9. The van der Waals surface area contributed by atoms with Crippen molar-refractivity contribution in [3.05, 3.63) is 53.1 Å². The van der Waals surface area contributed by atoms with E-state index in [2.05, 4.69) is 10.2 Å². The number of benzene rings is 1. The summed E-state index contributed by atoms with van der Waals surface area (Å²) in [5.74, 6) is 1.78. The standard InChI is InChI=1S/C20H23N5O3S2/c1-12-10-17(13(2)25(12)15-6-8-16(9-7-15)30(21,27)28)18(26)11-29-20-23-22-19(24(20)3)14-4-5-14/h6-10,14H,4-5,11H2,1-3H3,(H2,21,27,28). The average molecular weight is 446 g/mol. The Morgan fingerprint density at radius 2 is 1.87 bits per heavy atom. The molecule has 0 amide bonds. The zero-order valence-corrected chi connectivity index (χ0v) is 18.6. The SMILES string of the molecule is Cc1cc(C(=O)CSc2nnc(C3CC3)n2C)c(C)n1-c1ccc(S(N)(=O)=O)cc1. The van der Waals surface area contributed by atoms with E-state index < -0.39 is 10.0 Å². The second kappa shape index (κ2) is 7.68. The van der Waals surface area contributed by atoms with Crippen LogP contribution in [0.5, 0.6) is 0 Å². The molecule has 1 fully saturated rings. The normalized spacial score (nSPS) is 14.3. The van der Waals surface area contributed by atoms with Crippen molar-refractivity contribution in [1.29, 1.82) is 0 Å². The zero-order valence-electron chi connectivity index (χ0n) is 17.0. The molecule has 0 radical (unpaired) electrons. The molecule has 3 aromatic rings. The molecule has 1 aliphatic rings. The van der Waals surface area contributed by atoms with Gasteiger partial charge in [0.1, 0.15) is 5.82 Å². The van der Waals surface area contributed by atoms with E-state index in [0.717, 1.165) is 40.9 Å². The minimum atomic E-state index is -3.75. The number of sulfonamides is 1. The molecule has 8 nitrogen and oxygen atoms in total. The van der Waals surface area contributed by atoms with Gasteiger partial charge in [0.25, 0.3) is 0 Å². The number of nitrogens with zero attached hydrogens (tertiary/aromatic N) is 4. The maximum Gasteiger partial charge on any atom is 0.238 e. The number of hydrogen-bond donors (Lipinski definition) is 1. The quantitative estimate of drug-likeness (QED) is 0.442. The average Bonchev–Trinajstić information content (AvgIpc) is 3.40. The molecule has 1 aromatic carbocycles. The molecule has 1 saturated carbocycles. The number of hydrogen-bond acceptors (Lipinski definition) is 6. The van der Waals surface area contributed by atoms with Gasteiger partial charge in [0.15, 0.2) is 10.9 Å². The third-order valence-corrected chi connectivity index (χ3v) is 7.25. The van der Waals surface area contributed by atoms with Crippen LogP contribution in [0.4, 0.5) is 0 Å². The first-order valence-corrected chi connectivity index (χ1v) is 12.1. The monoisotopic (exact) mass is 445 g/mol. The first-order valence-electron chi connectivity index (χ1n) is 9.54. The molecule has 0 unspecified atom stereocenters. The predicted octanol–water partition coefficient (Wildman–Crippen LogP) is 2.72. The molecule has 1 aliphatic carbocycles. The Morgan fingerprint density at radius 1 is 1.20 bits per heavy atom. The summed E-state index contributed by atoms with van der Waals surface area (Å²) >= 11 is 1.39. The van der Waals surface area contributed by atoms with E-state index in [1.165, 1.54) is 23.9 Å². The van der Waals surface area contributed by atoms with E-state index in [0.29, 0.717) is 11.5 Å². The van der Waals surface area contributed by atoms with Gasteiger partial charge in [-0.25, -0.2) is 13.6 Å². The van der Waals surface area contributed by atoms with Gasteiger partial charge in [-0.3, -0.25) is 4.79 Å². The van der Waals surface area contributed by atoms with Crippen molar-refractivity contribution >= 4 is 27.6 Å². The Balaban J connectivity index is 1.53. The van der Waals surface area contributed by atoms with Gasteiger partial charge in [-0.15, -0.1) is 10.2 Å². The molecule has 0 bridgehead atoms. The van der Waals surface area contributed by atoms with Gasteiger partial charge in [-0.1, -0.05) is 11.8 Å². The number of rotatable bonds is 7. The summed E-state index contributed by atoms with van der Waals surface area (Å²) in [5.41, 5.74) is 3.10. The highest BCUT2D eigenvalue weighted by molar-refractivity contribution is 7.99. The third kappa shape index (κ3) is 3.94. The van der Waals surface area contributed by atoms with E-state index in [1.54, 1.807) is 12.1 Å². The second-order valence-electron chi connectivity index (χ2n) is 7.55. The van der Waals surface area contributed by atoms with E-state index >= 15 is 0 Å². The first-order chi connectivity index (χ1) is 14.2. The van der Waals surface area contributed by atoms with Gasteiger partial charge >= 0.3 is 0 Å². The highest BCUT2D eigenvalue weighted by Gasteiger charge is 2.29. The summed E-state index contributed by atoms with van der Waals surface area (Å²) in [6.45, 7) is 3.79. The van der Waals surface area contributed by atoms with Crippen LogP contribution in [-0.4, -0.2) is 39.3 Å². The van der Waals surface area contributed by atoms with E-state index in [4.69, 9.17) is 5.14 Å². The summed E-state index contributed by atoms with van der Waals surface area (Å²) in [6.07, 6.45) is 2.31. The second-order valence-corrected chi connectivity index (χ2v) is 10.0. The minimum Gasteiger partial charge on any atom is -0.318 e. The topological polar surface area (TPSA) is 113 Å². The largest absolute Gasteiger partial charge is 0.318 e. The lowest BCUT2D eigenvalue weighted by Gasteiger charge is -2.10. The van der Waals surface area contributed by atoms with Gasteiger partial charge in [0, 0.05) is 35.6 Å². The molecule has 2 heterocycles. The number of aryl methyl sites for hydroxylation is 1. The van der Waals surface area contributed by atoms with E-state index in [1.807, 2.05) is 36.1 Å². The first kappa shape index (κ1) is 20.8. The third-order valence-electron chi connectivity index (χ3n) is 5.30. The fourth-order valence-corrected chi connectivity index (χ4v) is 4.90. The van der Waals surface area contributed by atoms with Crippen LogP contribution in [0, 0.1) is 13.8 Å². The highest BCUT2D eigenvalue weighted by Crippen LogP contribution is 2.39. The van der Waals surface area contributed by atoms with Crippen molar-refractivity contribution < 1.29 is 13.2 Å². The van der Waals surface area contributed by atoms with Crippen molar-refractivity contribution in [3.63, 3.8) is 0 Å². The molecular weight excluding hydrogens is 422 g/mol. The van der Waals surface area contributed by atoms with Crippen molar-refractivity contribution in [3.8, 4) is 5.69 Å². The van der Waals surface area contributed by atoms with Crippen LogP contribution in [0.15, 0.2) is 40.4 Å². The number of aromatic nitrogens is 4. The fourth-order valence-electron chi connectivity index (χ4n) is 3.58. The van der Waals surface area contributed by atoms with Crippen molar-refractivity contribution in [2.24, 2.45) is 12.2 Å². The number of primary sulfonamides is 1. The number of Topliss-reactive ketones (excluding diaryl/α,β-unsaturated/α-hetero) is 1. The van der Waals surface area contributed by atoms with Crippen LogP contribution in [0.25, 0.3) is 5.69 Å². The number of carbonyl (C=O) groups is 1. The number of thioether (sulfide) groups is 1. The summed E-state index contributed by atoms with van der Waals surface area (Å²) in [7, 11) is -1.80. The molecular formula is C20H23N5O3S2. The Hall–Kier alpha value is -2.43. The maximum absolute atomic E-state index is 12.9. The molecule has 2 aromatic heterocycles. The molecule has 0 spiro atoms. The number of nitrogens with two attached hydrogens (primary N) is 1. The Bertz CT molecular complexity index is 1220. The zero-order chi connectivity index (χ0) is 21.6. The fraction of sp³-hybridized carbons (Fsp3) is 0.350. The number of ketones is 1. The molecule has 0 atom stereocenters. The van der Waals surface area contributed by atoms with Crippen molar-refractivity contribution in [2.75, 3.05) is 5.75 Å². The smallest absolute Gasteiger partial charge is 0.238 e. The lowest BCUT2D eigenvalue weighted by molar-refractivity contribution is 0.102. The predicted molar refractivity (Wildman–Crippen MR) is 115 cm³/mol. The van der Waals surface area contributed by atoms with Crippen LogP contribution in [0.2, 0.25) is 0 Å². The molecule has 10 heteroatoms. The van der Waals surface area contributed by atoms with Gasteiger partial charge in [0.2, 0.25) is 10.0 Å². The summed E-state index contributed by atoms with van der Waals surface area (Å²) in [5, 5.41) is 14.4. The van der Waals surface area contributed by atoms with Gasteiger partial charge < -0.3 is 9.13 Å². The van der Waals surface area contributed by atoms with Crippen LogP contribution in [0.1, 0.15) is 46.3 Å². The summed E-state index contributed by atoms with van der Waals surface area (Å²) in [6, 6.07) is 8.15. The molecule has 30 heavy (non-hydrogen) atoms. The molecule has 2 N–H and O–H groups in total. The molecule has 0 aliphatic heterocycles. The van der Waals surface area contributed by atoms with E-state index in [9.17, 15) is 13.2 Å². The summed E-state index contributed by atoms with van der Waals surface area (Å²) < 4.78 is 26.9. The van der Waals surface area contributed by atoms with Crippen LogP contribution < -0.4 is 5.14 Å². The molecule has 4 rings (SSSR count).